The van der Waals surface area contributed by atoms with Gasteiger partial charge in [0.25, 0.3) is 5.91 Å². The molecule has 1 amide bonds. The highest BCUT2D eigenvalue weighted by atomic mass is 79.9. The Morgan fingerprint density at radius 1 is 1.20 bits per heavy atom. The Kier molecular flexibility index (Phi) is 7.27. The first-order valence-corrected chi connectivity index (χ1v) is 8.94. The predicted octanol–water partition coefficient (Wildman–Crippen LogP) is 3.85. The molecular weight excluding hydrogens is 456 g/mol. The van der Waals surface area contributed by atoms with Crippen LogP contribution in [0.15, 0.2) is 50.4 Å². The van der Waals surface area contributed by atoms with Gasteiger partial charge in [0.1, 0.15) is 5.75 Å². The van der Waals surface area contributed by atoms with Crippen LogP contribution < -0.4 is 14.9 Å². The van der Waals surface area contributed by atoms with Gasteiger partial charge in [-0.1, -0.05) is 28.1 Å². The van der Waals surface area contributed by atoms with E-state index in [1.54, 1.807) is 24.3 Å². The standard InChI is InChI=1S/C17H16Br2N2O4/c1-2-24-15-5-3-4-6-16(15)25-10-17(23)21-20-9-11-7-14(22)13(19)8-12(11)18/h3-9,22H,2,10H2,1H3,(H,21,23)/b20-9+. The molecule has 0 spiro atoms. The molecule has 0 atom stereocenters. The van der Waals surface area contributed by atoms with Crippen molar-refractivity contribution in [1.29, 1.82) is 0 Å². The van der Waals surface area contributed by atoms with Crippen molar-refractivity contribution in [3.8, 4) is 17.2 Å². The van der Waals surface area contributed by atoms with E-state index in [-0.39, 0.29) is 12.4 Å². The fourth-order valence-corrected chi connectivity index (χ4v) is 2.94. The number of hydrazone groups is 1. The zero-order chi connectivity index (χ0) is 18.2. The molecule has 8 heteroatoms. The monoisotopic (exact) mass is 470 g/mol. The molecule has 2 aromatic rings. The van der Waals surface area contributed by atoms with Gasteiger partial charge >= 0.3 is 0 Å². The summed E-state index contributed by atoms with van der Waals surface area (Å²) in [5, 5.41) is 13.5. The second-order valence-corrected chi connectivity index (χ2v) is 6.50. The smallest absolute Gasteiger partial charge is 0.277 e. The summed E-state index contributed by atoms with van der Waals surface area (Å²) in [4.78, 5) is 11.8. The molecule has 132 valence electrons. The van der Waals surface area contributed by atoms with Gasteiger partial charge in [-0.15, -0.1) is 0 Å². The normalized spacial score (nSPS) is 10.7. The molecule has 0 aliphatic carbocycles. The number of halogens is 2. The van der Waals surface area contributed by atoms with Crippen molar-refractivity contribution in [2.24, 2.45) is 5.10 Å². The van der Waals surface area contributed by atoms with Gasteiger partial charge in [0.15, 0.2) is 18.1 Å². The summed E-state index contributed by atoms with van der Waals surface area (Å²) >= 11 is 6.56. The summed E-state index contributed by atoms with van der Waals surface area (Å²) in [7, 11) is 0. The maximum absolute atomic E-state index is 11.8. The van der Waals surface area contributed by atoms with Crippen molar-refractivity contribution in [2.75, 3.05) is 13.2 Å². The number of carbonyl (C=O) groups excluding carboxylic acids is 1. The summed E-state index contributed by atoms with van der Waals surface area (Å²) in [5.41, 5.74) is 2.98. The molecule has 0 saturated heterocycles. The Labute approximate surface area is 162 Å². The van der Waals surface area contributed by atoms with Gasteiger partial charge in [-0.2, -0.15) is 5.10 Å². The molecule has 0 aliphatic heterocycles. The van der Waals surface area contributed by atoms with Gasteiger partial charge in [-0.05, 0) is 47.1 Å². The SMILES string of the molecule is CCOc1ccccc1OCC(=O)N/N=C/c1cc(O)c(Br)cc1Br. The first kappa shape index (κ1) is 19.3. The quantitative estimate of drug-likeness (QED) is 0.474. The third-order valence-corrected chi connectivity index (χ3v) is 4.29. The van der Waals surface area contributed by atoms with Crippen LogP contribution in [0.1, 0.15) is 12.5 Å². The Hall–Kier alpha value is -2.06. The van der Waals surface area contributed by atoms with Gasteiger partial charge < -0.3 is 14.6 Å². The first-order valence-electron chi connectivity index (χ1n) is 7.35. The minimum absolute atomic E-state index is 0.0758. The van der Waals surface area contributed by atoms with Crippen LogP contribution in [0, 0.1) is 0 Å². The third-order valence-electron chi connectivity index (χ3n) is 2.97. The zero-order valence-electron chi connectivity index (χ0n) is 13.3. The topological polar surface area (TPSA) is 80.2 Å². The maximum Gasteiger partial charge on any atom is 0.277 e. The minimum Gasteiger partial charge on any atom is -0.507 e. The number of nitrogens with zero attached hydrogens (tertiary/aromatic N) is 1. The van der Waals surface area contributed by atoms with Gasteiger partial charge in [-0.3, -0.25) is 4.79 Å². The van der Waals surface area contributed by atoms with E-state index in [2.05, 4.69) is 42.4 Å². The van der Waals surface area contributed by atoms with Crippen LogP contribution in [-0.4, -0.2) is 30.4 Å². The zero-order valence-corrected chi connectivity index (χ0v) is 16.5. The summed E-state index contributed by atoms with van der Waals surface area (Å²) < 4.78 is 12.1. The Bertz CT molecular complexity index is 781. The molecule has 0 bridgehead atoms. The second kappa shape index (κ2) is 9.43. The van der Waals surface area contributed by atoms with Gasteiger partial charge in [0, 0.05) is 10.0 Å². The van der Waals surface area contributed by atoms with Gasteiger partial charge in [0.05, 0.1) is 17.3 Å². The van der Waals surface area contributed by atoms with E-state index in [4.69, 9.17) is 9.47 Å². The van der Waals surface area contributed by atoms with Crippen LogP contribution in [0.2, 0.25) is 0 Å². The number of phenolic OH excluding ortho intramolecular Hbond substituents is 1. The highest BCUT2D eigenvalue weighted by Gasteiger charge is 2.07. The van der Waals surface area contributed by atoms with Crippen LogP contribution in [0.25, 0.3) is 0 Å². The van der Waals surface area contributed by atoms with Crippen LogP contribution in [0.3, 0.4) is 0 Å². The van der Waals surface area contributed by atoms with Crippen LogP contribution in [0.4, 0.5) is 0 Å². The van der Waals surface area contributed by atoms with Crippen molar-refractivity contribution >= 4 is 44.0 Å². The lowest BCUT2D eigenvalue weighted by Crippen LogP contribution is -2.24. The van der Waals surface area contributed by atoms with Crippen LogP contribution in [0.5, 0.6) is 17.2 Å². The number of hydrogen-bond acceptors (Lipinski definition) is 5. The number of amides is 1. The Morgan fingerprint density at radius 3 is 2.56 bits per heavy atom. The van der Waals surface area contributed by atoms with Crippen molar-refractivity contribution in [3.63, 3.8) is 0 Å². The predicted molar refractivity (Wildman–Crippen MR) is 102 cm³/mol. The summed E-state index contributed by atoms with van der Waals surface area (Å²) in [5.74, 6) is 0.728. The lowest BCUT2D eigenvalue weighted by Gasteiger charge is -2.10. The third kappa shape index (κ3) is 5.75. The lowest BCUT2D eigenvalue weighted by molar-refractivity contribution is -0.123. The molecule has 0 radical (unpaired) electrons. The number of carbonyl (C=O) groups is 1. The number of nitrogens with one attached hydrogen (secondary N) is 1. The molecule has 25 heavy (non-hydrogen) atoms. The number of phenols is 1. The van der Waals surface area contributed by atoms with E-state index in [0.717, 1.165) is 4.47 Å². The number of ether oxygens (including phenoxy) is 2. The minimum atomic E-state index is -0.417. The van der Waals surface area contributed by atoms with Crippen LogP contribution >= 0.6 is 31.9 Å². The highest BCUT2D eigenvalue weighted by molar-refractivity contribution is 9.11. The fourth-order valence-electron chi connectivity index (χ4n) is 1.85. The largest absolute Gasteiger partial charge is 0.507 e. The van der Waals surface area contributed by atoms with E-state index in [1.165, 1.54) is 12.3 Å². The van der Waals surface area contributed by atoms with E-state index in [9.17, 15) is 9.90 Å². The molecule has 2 aromatic carbocycles. The molecule has 0 fully saturated rings. The molecule has 0 aromatic heterocycles. The van der Waals surface area contributed by atoms with Crippen molar-refractivity contribution in [3.05, 3.63) is 50.9 Å². The van der Waals surface area contributed by atoms with E-state index < -0.39 is 5.91 Å². The molecule has 0 saturated carbocycles. The van der Waals surface area contributed by atoms with Crippen LogP contribution in [-0.2, 0) is 4.79 Å². The number of rotatable bonds is 7. The van der Waals surface area contributed by atoms with Gasteiger partial charge in [0.2, 0.25) is 0 Å². The van der Waals surface area contributed by atoms with E-state index in [0.29, 0.717) is 28.1 Å². The molecule has 0 aliphatic rings. The van der Waals surface area contributed by atoms with Crippen molar-refractivity contribution in [1.82, 2.24) is 5.43 Å². The summed E-state index contributed by atoms with van der Waals surface area (Å²) in [6, 6.07) is 10.3. The van der Waals surface area contributed by atoms with Gasteiger partial charge in [-0.25, -0.2) is 5.43 Å². The molecule has 2 rings (SSSR count). The summed E-state index contributed by atoms with van der Waals surface area (Å²) in [6.07, 6.45) is 1.42. The average Bonchev–Trinajstić information content (AvgIpc) is 2.59. The second-order valence-electron chi connectivity index (χ2n) is 4.79. The Balaban J connectivity index is 1.90. The number of aromatic hydroxyl groups is 1. The lowest BCUT2D eigenvalue weighted by atomic mass is 10.2. The fraction of sp³-hybridized carbons (Fsp3) is 0.176. The number of para-hydroxylation sites is 2. The van der Waals surface area contributed by atoms with Crippen molar-refractivity contribution < 1.29 is 19.4 Å². The molecule has 0 heterocycles. The average molecular weight is 472 g/mol. The van der Waals surface area contributed by atoms with E-state index >= 15 is 0 Å². The molecule has 6 nitrogen and oxygen atoms in total. The first-order chi connectivity index (χ1) is 12.0. The maximum atomic E-state index is 11.8. The summed E-state index contributed by atoms with van der Waals surface area (Å²) in [6.45, 7) is 2.18. The van der Waals surface area contributed by atoms with Crippen molar-refractivity contribution in [2.45, 2.75) is 6.92 Å². The molecule has 0 unspecified atom stereocenters. The highest BCUT2D eigenvalue weighted by Crippen LogP contribution is 2.29. The van der Waals surface area contributed by atoms with E-state index in [1.807, 2.05) is 13.0 Å². The Morgan fingerprint density at radius 2 is 1.88 bits per heavy atom. The molecule has 2 N–H and O–H groups in total. The molecular formula is C17H16Br2N2O4. The number of benzene rings is 2. The number of hydrogen-bond donors (Lipinski definition) is 2.